The quantitative estimate of drug-likeness (QED) is 0.849. The van der Waals surface area contributed by atoms with Crippen molar-refractivity contribution in [2.75, 3.05) is 6.61 Å². The summed E-state index contributed by atoms with van der Waals surface area (Å²) >= 11 is 0. The summed E-state index contributed by atoms with van der Waals surface area (Å²) in [5.74, 6) is -0.0545. The zero-order chi connectivity index (χ0) is 13.9. The molecule has 1 aromatic rings. The molecule has 1 fully saturated rings. The van der Waals surface area contributed by atoms with Gasteiger partial charge in [0.25, 0.3) is 0 Å². The molecule has 4 N–H and O–H groups in total. The van der Waals surface area contributed by atoms with E-state index in [1.807, 2.05) is 0 Å². The molecule has 1 aromatic carbocycles. The van der Waals surface area contributed by atoms with Crippen molar-refractivity contribution in [2.45, 2.75) is 31.2 Å². The van der Waals surface area contributed by atoms with Crippen LogP contribution in [0.4, 0.5) is 4.39 Å². The number of amides is 1. The molecule has 5 heteroatoms. The summed E-state index contributed by atoms with van der Waals surface area (Å²) in [5.41, 5.74) is 10.5. The summed E-state index contributed by atoms with van der Waals surface area (Å²) in [6.07, 6.45) is 3.13. The number of rotatable bonds is 5. The summed E-state index contributed by atoms with van der Waals surface area (Å²) in [4.78, 5) is 11.4. The average molecular weight is 266 g/mol. The minimum atomic E-state index is -0.897. The summed E-state index contributed by atoms with van der Waals surface area (Å²) in [5, 5.41) is 0. The van der Waals surface area contributed by atoms with Crippen molar-refractivity contribution in [3.63, 3.8) is 0 Å². The molecule has 2 rings (SSSR count). The van der Waals surface area contributed by atoms with Crippen LogP contribution in [0.25, 0.3) is 0 Å². The number of ether oxygens (including phenoxy) is 1. The fourth-order valence-electron chi connectivity index (χ4n) is 2.68. The number of hydrogen-bond acceptors (Lipinski definition) is 3. The molecular weight excluding hydrogens is 247 g/mol. The van der Waals surface area contributed by atoms with Gasteiger partial charge in [0.15, 0.2) is 0 Å². The maximum atomic E-state index is 12.7. The average Bonchev–Trinajstić information content (AvgIpc) is 2.75. The minimum Gasteiger partial charge on any atom is -0.494 e. The summed E-state index contributed by atoms with van der Waals surface area (Å²) < 4.78 is 18.2. The first-order valence-corrected chi connectivity index (χ1v) is 6.49. The highest BCUT2D eigenvalue weighted by Crippen LogP contribution is 2.35. The van der Waals surface area contributed by atoms with Gasteiger partial charge in [0.05, 0.1) is 12.1 Å². The molecule has 0 bridgehead atoms. The van der Waals surface area contributed by atoms with Crippen molar-refractivity contribution >= 4 is 5.91 Å². The minimum absolute atomic E-state index is 0.0606. The molecule has 2 unspecified atom stereocenters. The molecule has 0 saturated heterocycles. The highest BCUT2D eigenvalue weighted by molar-refractivity contribution is 5.85. The summed E-state index contributed by atoms with van der Waals surface area (Å²) in [6.45, 7) is 0.447. The van der Waals surface area contributed by atoms with Crippen LogP contribution in [0.2, 0.25) is 0 Å². The van der Waals surface area contributed by atoms with Gasteiger partial charge in [-0.1, -0.05) is 6.42 Å². The van der Waals surface area contributed by atoms with E-state index in [1.54, 1.807) is 12.1 Å². The Bertz CT molecular complexity index is 449. The predicted octanol–water partition coefficient (Wildman–Crippen LogP) is 1.58. The molecule has 0 heterocycles. The lowest BCUT2D eigenvalue weighted by molar-refractivity contribution is -0.124. The maximum Gasteiger partial charge on any atom is 0.237 e. The third-order valence-corrected chi connectivity index (χ3v) is 3.88. The normalized spacial score (nSPS) is 26.3. The fourth-order valence-corrected chi connectivity index (χ4v) is 2.68. The van der Waals surface area contributed by atoms with Gasteiger partial charge in [-0.05, 0) is 49.4 Å². The highest BCUT2D eigenvalue weighted by Gasteiger charge is 2.43. The van der Waals surface area contributed by atoms with Crippen molar-refractivity contribution in [2.24, 2.45) is 17.4 Å². The van der Waals surface area contributed by atoms with E-state index in [2.05, 4.69) is 0 Å². The molecule has 0 radical (unpaired) electrons. The molecule has 1 aliphatic carbocycles. The van der Waals surface area contributed by atoms with Gasteiger partial charge < -0.3 is 16.2 Å². The third-order valence-electron chi connectivity index (χ3n) is 3.88. The first kappa shape index (κ1) is 13.8. The van der Waals surface area contributed by atoms with Gasteiger partial charge in [0.1, 0.15) is 11.6 Å². The molecule has 104 valence electrons. The maximum absolute atomic E-state index is 12.7. The Morgan fingerprint density at radius 1 is 1.42 bits per heavy atom. The van der Waals surface area contributed by atoms with E-state index in [0.29, 0.717) is 25.2 Å². The molecule has 0 aromatic heterocycles. The van der Waals surface area contributed by atoms with Crippen LogP contribution in [0.15, 0.2) is 24.3 Å². The molecule has 1 aliphatic rings. The van der Waals surface area contributed by atoms with Crippen LogP contribution < -0.4 is 16.2 Å². The molecule has 1 amide bonds. The van der Waals surface area contributed by atoms with Gasteiger partial charge in [-0.15, -0.1) is 0 Å². The number of nitrogens with two attached hydrogens (primary N) is 2. The number of carbonyl (C=O) groups is 1. The zero-order valence-corrected chi connectivity index (χ0v) is 10.8. The van der Waals surface area contributed by atoms with Crippen LogP contribution in [0, 0.1) is 11.7 Å². The fraction of sp³-hybridized carbons (Fsp3) is 0.500. The van der Waals surface area contributed by atoms with Gasteiger partial charge in [-0.3, -0.25) is 4.79 Å². The molecular formula is C14H19FN2O2. The van der Waals surface area contributed by atoms with Gasteiger partial charge in [-0.25, -0.2) is 4.39 Å². The predicted molar refractivity (Wildman–Crippen MR) is 70.0 cm³/mol. The van der Waals surface area contributed by atoms with E-state index >= 15 is 0 Å². The van der Waals surface area contributed by atoms with Crippen molar-refractivity contribution in [3.05, 3.63) is 30.1 Å². The number of hydrogen-bond donors (Lipinski definition) is 2. The Morgan fingerprint density at radius 2 is 2.11 bits per heavy atom. The van der Waals surface area contributed by atoms with Crippen molar-refractivity contribution in [1.29, 1.82) is 0 Å². The van der Waals surface area contributed by atoms with Crippen LogP contribution in [-0.2, 0) is 4.79 Å². The Labute approximate surface area is 111 Å². The van der Waals surface area contributed by atoms with E-state index in [-0.39, 0.29) is 11.7 Å². The smallest absolute Gasteiger partial charge is 0.237 e. The van der Waals surface area contributed by atoms with E-state index < -0.39 is 11.4 Å². The van der Waals surface area contributed by atoms with Crippen molar-refractivity contribution < 1.29 is 13.9 Å². The van der Waals surface area contributed by atoms with E-state index in [9.17, 15) is 9.18 Å². The van der Waals surface area contributed by atoms with Crippen LogP contribution in [0.1, 0.15) is 25.7 Å². The highest BCUT2D eigenvalue weighted by atomic mass is 19.1. The monoisotopic (exact) mass is 266 g/mol. The molecule has 2 atom stereocenters. The SMILES string of the molecule is NC(=O)C1(N)CCCC1CCOc1ccc(F)cc1. The van der Waals surface area contributed by atoms with Crippen LogP contribution in [0.3, 0.4) is 0 Å². The second-order valence-corrected chi connectivity index (χ2v) is 5.08. The number of benzene rings is 1. The molecule has 0 aliphatic heterocycles. The Morgan fingerprint density at radius 3 is 2.74 bits per heavy atom. The summed E-state index contributed by atoms with van der Waals surface area (Å²) in [7, 11) is 0. The number of halogens is 1. The lowest BCUT2D eigenvalue weighted by Gasteiger charge is -2.27. The summed E-state index contributed by atoms with van der Waals surface area (Å²) in [6, 6.07) is 5.85. The van der Waals surface area contributed by atoms with Crippen molar-refractivity contribution in [3.8, 4) is 5.75 Å². The second-order valence-electron chi connectivity index (χ2n) is 5.08. The topological polar surface area (TPSA) is 78.3 Å². The van der Waals surface area contributed by atoms with Crippen LogP contribution in [0.5, 0.6) is 5.75 Å². The molecule has 4 nitrogen and oxygen atoms in total. The number of primary amides is 1. The van der Waals surface area contributed by atoms with E-state index in [0.717, 1.165) is 12.8 Å². The second kappa shape index (κ2) is 5.57. The van der Waals surface area contributed by atoms with Crippen molar-refractivity contribution in [1.82, 2.24) is 0 Å². The third kappa shape index (κ3) is 3.04. The first-order valence-electron chi connectivity index (χ1n) is 6.49. The molecule has 1 saturated carbocycles. The standard InChI is InChI=1S/C14H19FN2O2/c15-11-3-5-12(6-4-11)19-9-7-10-2-1-8-14(10,17)13(16)18/h3-6,10H,1-2,7-9,17H2,(H2,16,18). The Balaban J connectivity index is 1.85. The molecule has 0 spiro atoms. The lowest BCUT2D eigenvalue weighted by atomic mass is 9.85. The Kier molecular flexibility index (Phi) is 4.04. The molecule has 19 heavy (non-hydrogen) atoms. The lowest BCUT2D eigenvalue weighted by Crippen LogP contribution is -2.54. The van der Waals surface area contributed by atoms with Gasteiger partial charge in [0, 0.05) is 0 Å². The van der Waals surface area contributed by atoms with Gasteiger partial charge in [0.2, 0.25) is 5.91 Å². The van der Waals surface area contributed by atoms with Crippen LogP contribution >= 0.6 is 0 Å². The van der Waals surface area contributed by atoms with Gasteiger partial charge >= 0.3 is 0 Å². The van der Waals surface area contributed by atoms with E-state index in [4.69, 9.17) is 16.2 Å². The van der Waals surface area contributed by atoms with Crippen LogP contribution in [-0.4, -0.2) is 18.1 Å². The number of carbonyl (C=O) groups excluding carboxylic acids is 1. The first-order chi connectivity index (χ1) is 9.02. The largest absolute Gasteiger partial charge is 0.494 e. The van der Waals surface area contributed by atoms with E-state index in [1.165, 1.54) is 12.1 Å². The van der Waals surface area contributed by atoms with Gasteiger partial charge in [-0.2, -0.15) is 0 Å². The Hall–Kier alpha value is -1.62. The zero-order valence-electron chi connectivity index (χ0n) is 10.8.